The summed E-state index contributed by atoms with van der Waals surface area (Å²) < 4.78 is 11.2. The number of nitrogens with one attached hydrogen (secondary N) is 1. The van der Waals surface area contributed by atoms with Gasteiger partial charge in [-0.15, -0.1) is 11.3 Å². The maximum atomic E-state index is 12.9. The highest BCUT2D eigenvalue weighted by atomic mass is 32.1. The van der Waals surface area contributed by atoms with Crippen molar-refractivity contribution in [1.29, 1.82) is 0 Å². The number of amides is 1. The Hall–Kier alpha value is -2.28. The minimum Gasteiger partial charge on any atom is -0.486 e. The molecule has 1 aromatic carbocycles. The Morgan fingerprint density at radius 2 is 2.08 bits per heavy atom. The molecule has 1 fully saturated rings. The highest BCUT2D eigenvalue weighted by Crippen LogP contribution is 2.33. The summed E-state index contributed by atoms with van der Waals surface area (Å²) in [5.41, 5.74) is 1.83. The van der Waals surface area contributed by atoms with Gasteiger partial charge < -0.3 is 19.7 Å². The molecule has 0 spiro atoms. The maximum Gasteiger partial charge on any atom is 0.265 e. The molecule has 0 bridgehead atoms. The van der Waals surface area contributed by atoms with E-state index in [-0.39, 0.29) is 11.9 Å². The van der Waals surface area contributed by atoms with Crippen molar-refractivity contribution in [2.24, 2.45) is 0 Å². The number of aromatic nitrogens is 1. The number of rotatable bonds is 3. The van der Waals surface area contributed by atoms with Gasteiger partial charge in [-0.25, -0.2) is 4.98 Å². The first kappa shape index (κ1) is 17.1. The zero-order valence-corrected chi connectivity index (χ0v) is 15.9. The number of hydrogen-bond donors (Lipinski definition) is 1. The molecule has 1 amide bonds. The van der Waals surface area contributed by atoms with Crippen molar-refractivity contribution in [3.63, 3.8) is 0 Å². The standard InChI is InChI=1S/C19H23N3O3S/c1-12-18(26-13(2)20-12)19(23)22-7-3-4-15(11-22)21-14-5-6-16-17(10-14)25-9-8-24-16/h5-6,10,15,21H,3-4,7-9,11H2,1-2H3/t15-/m1/s1. The zero-order valence-electron chi connectivity index (χ0n) is 15.1. The van der Waals surface area contributed by atoms with E-state index in [1.165, 1.54) is 11.3 Å². The fourth-order valence-electron chi connectivity index (χ4n) is 3.52. The van der Waals surface area contributed by atoms with Gasteiger partial charge in [0.05, 0.1) is 10.7 Å². The van der Waals surface area contributed by atoms with Gasteiger partial charge in [0.25, 0.3) is 5.91 Å². The number of ether oxygens (including phenoxy) is 2. The predicted octanol–water partition coefficient (Wildman–Crippen LogP) is 3.25. The molecule has 2 aliphatic rings. The van der Waals surface area contributed by atoms with Gasteiger partial charge in [-0.05, 0) is 38.8 Å². The van der Waals surface area contributed by atoms with Crippen LogP contribution in [0.15, 0.2) is 18.2 Å². The third-order valence-corrected chi connectivity index (χ3v) is 5.78. The molecule has 2 aromatic rings. The Balaban J connectivity index is 1.44. The van der Waals surface area contributed by atoms with Gasteiger partial charge in [-0.1, -0.05) is 0 Å². The molecule has 0 unspecified atom stereocenters. The van der Waals surface area contributed by atoms with Crippen LogP contribution in [0.4, 0.5) is 5.69 Å². The third-order valence-electron chi connectivity index (χ3n) is 4.72. The third kappa shape index (κ3) is 3.49. The molecule has 6 nitrogen and oxygen atoms in total. The van der Waals surface area contributed by atoms with Crippen LogP contribution in [0.25, 0.3) is 0 Å². The van der Waals surface area contributed by atoms with Crippen LogP contribution in [0.5, 0.6) is 11.5 Å². The van der Waals surface area contributed by atoms with Crippen molar-refractivity contribution in [1.82, 2.24) is 9.88 Å². The Morgan fingerprint density at radius 3 is 2.85 bits per heavy atom. The second kappa shape index (κ2) is 7.15. The van der Waals surface area contributed by atoms with Crippen LogP contribution >= 0.6 is 11.3 Å². The minimum atomic E-state index is 0.0989. The fourth-order valence-corrected chi connectivity index (χ4v) is 4.41. The number of likely N-dealkylation sites (tertiary alicyclic amines) is 1. The van der Waals surface area contributed by atoms with E-state index < -0.39 is 0 Å². The number of benzene rings is 1. The van der Waals surface area contributed by atoms with Crippen molar-refractivity contribution < 1.29 is 14.3 Å². The number of aryl methyl sites for hydroxylation is 2. The summed E-state index contributed by atoms with van der Waals surface area (Å²) >= 11 is 1.48. The first-order chi connectivity index (χ1) is 12.6. The van der Waals surface area contributed by atoms with Crippen molar-refractivity contribution in [3.8, 4) is 11.5 Å². The van der Waals surface area contributed by atoms with Crippen molar-refractivity contribution in [2.45, 2.75) is 32.7 Å². The number of anilines is 1. The SMILES string of the molecule is Cc1nc(C)c(C(=O)N2CCC[C@@H](Nc3ccc4c(c3)OCCO4)C2)s1. The molecular weight excluding hydrogens is 350 g/mol. The minimum absolute atomic E-state index is 0.0989. The average Bonchev–Trinajstić information content (AvgIpc) is 2.99. The van der Waals surface area contributed by atoms with Crippen LogP contribution in [0, 0.1) is 13.8 Å². The Labute approximate surface area is 157 Å². The molecule has 1 N–H and O–H groups in total. The highest BCUT2D eigenvalue weighted by Gasteiger charge is 2.27. The van der Waals surface area contributed by atoms with E-state index in [4.69, 9.17) is 9.47 Å². The molecule has 0 radical (unpaired) electrons. The van der Waals surface area contributed by atoms with E-state index in [9.17, 15) is 4.79 Å². The largest absolute Gasteiger partial charge is 0.486 e. The molecule has 7 heteroatoms. The van der Waals surface area contributed by atoms with E-state index in [1.54, 1.807) is 0 Å². The Kier molecular flexibility index (Phi) is 4.72. The molecule has 26 heavy (non-hydrogen) atoms. The van der Waals surface area contributed by atoms with Crippen LogP contribution in [-0.4, -0.2) is 48.1 Å². The molecule has 0 saturated carbocycles. The summed E-state index contributed by atoms with van der Waals surface area (Å²) in [4.78, 5) is 19.9. The normalized spacial score (nSPS) is 19.3. The van der Waals surface area contributed by atoms with Crippen LogP contribution in [0.1, 0.15) is 33.2 Å². The maximum absolute atomic E-state index is 12.9. The van der Waals surface area contributed by atoms with Crippen molar-refractivity contribution in [3.05, 3.63) is 33.8 Å². The van der Waals surface area contributed by atoms with Crippen molar-refractivity contribution >= 4 is 22.9 Å². The monoisotopic (exact) mass is 373 g/mol. The number of hydrogen-bond acceptors (Lipinski definition) is 6. The van der Waals surface area contributed by atoms with Gasteiger partial charge in [-0.2, -0.15) is 0 Å². The molecule has 1 atom stereocenters. The number of nitrogens with zero attached hydrogens (tertiary/aromatic N) is 2. The van der Waals surface area contributed by atoms with Crippen LogP contribution in [0.2, 0.25) is 0 Å². The number of piperidine rings is 1. The summed E-state index contributed by atoms with van der Waals surface area (Å²) in [6.45, 7) is 6.52. The Morgan fingerprint density at radius 1 is 1.27 bits per heavy atom. The molecule has 3 heterocycles. The van der Waals surface area contributed by atoms with Gasteiger partial charge in [-0.3, -0.25) is 4.79 Å². The Bertz CT molecular complexity index is 820. The summed E-state index contributed by atoms with van der Waals surface area (Å²) in [5.74, 6) is 1.67. The van der Waals surface area contributed by atoms with E-state index >= 15 is 0 Å². The first-order valence-corrected chi connectivity index (χ1v) is 9.81. The van der Waals surface area contributed by atoms with Gasteiger partial charge in [0, 0.05) is 30.9 Å². The molecule has 4 rings (SSSR count). The lowest BCUT2D eigenvalue weighted by atomic mass is 10.0. The van der Waals surface area contributed by atoms with Gasteiger partial charge >= 0.3 is 0 Å². The van der Waals surface area contributed by atoms with E-state index in [1.807, 2.05) is 36.9 Å². The molecule has 1 saturated heterocycles. The summed E-state index contributed by atoms with van der Waals surface area (Å²) in [7, 11) is 0. The number of fused-ring (bicyclic) bond motifs is 1. The lowest BCUT2D eigenvalue weighted by Crippen LogP contribution is -2.45. The van der Waals surface area contributed by atoms with Crippen LogP contribution in [-0.2, 0) is 0 Å². The van der Waals surface area contributed by atoms with Gasteiger partial charge in [0.2, 0.25) is 0 Å². The van der Waals surface area contributed by atoms with Gasteiger partial charge in [0.15, 0.2) is 11.5 Å². The second-order valence-electron chi connectivity index (χ2n) is 6.74. The summed E-state index contributed by atoms with van der Waals surface area (Å²) in [6, 6.07) is 6.15. The average molecular weight is 373 g/mol. The first-order valence-electron chi connectivity index (χ1n) is 8.99. The smallest absolute Gasteiger partial charge is 0.265 e. The van der Waals surface area contributed by atoms with Crippen molar-refractivity contribution in [2.75, 3.05) is 31.6 Å². The van der Waals surface area contributed by atoms with E-state index in [0.717, 1.165) is 52.2 Å². The fraction of sp³-hybridized carbons (Fsp3) is 0.474. The number of thiazole rings is 1. The molecule has 1 aromatic heterocycles. The quantitative estimate of drug-likeness (QED) is 0.895. The highest BCUT2D eigenvalue weighted by molar-refractivity contribution is 7.13. The van der Waals surface area contributed by atoms with E-state index in [2.05, 4.69) is 10.3 Å². The van der Waals surface area contributed by atoms with Gasteiger partial charge in [0.1, 0.15) is 18.1 Å². The zero-order chi connectivity index (χ0) is 18.1. The lowest BCUT2D eigenvalue weighted by Gasteiger charge is -2.33. The second-order valence-corrected chi connectivity index (χ2v) is 7.94. The van der Waals surface area contributed by atoms with Crippen LogP contribution in [0.3, 0.4) is 0 Å². The van der Waals surface area contributed by atoms with E-state index in [0.29, 0.717) is 19.8 Å². The molecule has 138 valence electrons. The molecular formula is C19H23N3O3S. The topological polar surface area (TPSA) is 63.7 Å². The van der Waals surface area contributed by atoms with Crippen LogP contribution < -0.4 is 14.8 Å². The molecule has 2 aliphatic heterocycles. The predicted molar refractivity (Wildman–Crippen MR) is 102 cm³/mol. The lowest BCUT2D eigenvalue weighted by molar-refractivity contribution is 0.0719. The number of carbonyl (C=O) groups excluding carboxylic acids is 1. The summed E-state index contributed by atoms with van der Waals surface area (Å²) in [5, 5.41) is 4.48. The number of carbonyl (C=O) groups is 1. The molecule has 0 aliphatic carbocycles. The summed E-state index contributed by atoms with van der Waals surface area (Å²) in [6.07, 6.45) is 2.03.